The van der Waals surface area contributed by atoms with E-state index in [1.165, 1.54) is 21.9 Å². The highest BCUT2D eigenvalue weighted by molar-refractivity contribution is 6.19. The smallest absolute Gasteiger partial charge is 0.143 e. The van der Waals surface area contributed by atoms with E-state index < -0.39 is 0 Å². The minimum Gasteiger partial charge on any atom is -0.455 e. The van der Waals surface area contributed by atoms with Crippen molar-refractivity contribution in [2.75, 3.05) is 4.90 Å². The van der Waals surface area contributed by atoms with Crippen LogP contribution in [0.4, 0.5) is 17.1 Å². The summed E-state index contributed by atoms with van der Waals surface area (Å²) in [5.74, 6) is 0. The number of furan rings is 2. The Morgan fingerprint density at radius 2 is 0.943 bits per heavy atom. The molecule has 0 N–H and O–H groups in total. The van der Waals surface area contributed by atoms with Crippen LogP contribution in [-0.2, 0) is 0 Å². The quantitative estimate of drug-likeness (QED) is 0.182. The van der Waals surface area contributed by atoms with E-state index in [0.29, 0.717) is 0 Å². The van der Waals surface area contributed by atoms with E-state index in [-0.39, 0.29) is 0 Å². The van der Waals surface area contributed by atoms with E-state index in [9.17, 15) is 0 Å². The molecular weight excluding hydrogens is 647 g/mol. The Bertz CT molecular complexity index is 3170. The first-order valence-corrected chi connectivity index (χ1v) is 18.0. The first-order valence-electron chi connectivity index (χ1n) is 18.0. The van der Waals surface area contributed by atoms with Gasteiger partial charge in [-0.3, -0.25) is 0 Å². The molecular formula is C50H31NO2. The highest BCUT2D eigenvalue weighted by Gasteiger charge is 2.21. The molecule has 0 aliphatic rings. The zero-order valence-electron chi connectivity index (χ0n) is 28.7. The Morgan fingerprint density at radius 1 is 0.340 bits per heavy atom. The van der Waals surface area contributed by atoms with Gasteiger partial charge in [-0.2, -0.15) is 0 Å². The second kappa shape index (κ2) is 11.7. The summed E-state index contributed by atoms with van der Waals surface area (Å²) in [6, 6.07) is 66.8. The molecule has 0 fully saturated rings. The molecule has 0 amide bonds. The van der Waals surface area contributed by atoms with Crippen LogP contribution in [-0.4, -0.2) is 0 Å². The van der Waals surface area contributed by atoms with Crippen molar-refractivity contribution in [3.05, 3.63) is 188 Å². The SMILES string of the molecule is c1ccc2cc(-c3ccc(N(c4ccc(-c5cccc6c5oc5ccccc56)cc4)c4cccc5oc6c7ccccc7ccc6c45)cc3)ccc2c1. The lowest BCUT2D eigenvalue weighted by Crippen LogP contribution is -2.10. The largest absolute Gasteiger partial charge is 0.455 e. The molecule has 11 aromatic rings. The number of hydrogen-bond acceptors (Lipinski definition) is 3. The fourth-order valence-corrected chi connectivity index (χ4v) is 8.09. The van der Waals surface area contributed by atoms with Crippen LogP contribution >= 0.6 is 0 Å². The van der Waals surface area contributed by atoms with Crippen LogP contribution in [0.5, 0.6) is 0 Å². The van der Waals surface area contributed by atoms with Gasteiger partial charge >= 0.3 is 0 Å². The average Bonchev–Trinajstić information content (AvgIpc) is 3.81. The van der Waals surface area contributed by atoms with Crippen molar-refractivity contribution in [1.29, 1.82) is 0 Å². The monoisotopic (exact) mass is 677 g/mol. The predicted octanol–water partition coefficient (Wildman–Crippen LogP) is 14.6. The predicted molar refractivity (Wildman–Crippen MR) is 222 cm³/mol. The van der Waals surface area contributed by atoms with E-state index in [1.807, 2.05) is 12.1 Å². The highest BCUT2D eigenvalue weighted by atomic mass is 16.3. The third-order valence-corrected chi connectivity index (χ3v) is 10.7. The van der Waals surface area contributed by atoms with Crippen LogP contribution in [0.2, 0.25) is 0 Å². The second-order valence-electron chi connectivity index (χ2n) is 13.7. The Balaban J connectivity index is 1.08. The number of anilines is 3. The lowest BCUT2D eigenvalue weighted by Gasteiger charge is -2.26. The topological polar surface area (TPSA) is 29.5 Å². The zero-order valence-corrected chi connectivity index (χ0v) is 28.7. The third kappa shape index (κ3) is 4.75. The number of rotatable bonds is 5. The van der Waals surface area contributed by atoms with Crippen molar-refractivity contribution in [3.63, 3.8) is 0 Å². The van der Waals surface area contributed by atoms with Gasteiger partial charge in [0.2, 0.25) is 0 Å². The van der Waals surface area contributed by atoms with Crippen molar-refractivity contribution in [1.82, 2.24) is 0 Å². The molecule has 0 aliphatic carbocycles. The molecule has 0 spiro atoms. The molecule has 11 rings (SSSR count). The van der Waals surface area contributed by atoms with Gasteiger partial charge < -0.3 is 13.7 Å². The zero-order chi connectivity index (χ0) is 34.9. The molecule has 0 unspecified atom stereocenters. The van der Waals surface area contributed by atoms with Crippen LogP contribution in [0, 0.1) is 0 Å². The molecule has 53 heavy (non-hydrogen) atoms. The summed E-state index contributed by atoms with van der Waals surface area (Å²) in [7, 11) is 0. The van der Waals surface area contributed by atoms with Crippen molar-refractivity contribution in [2.24, 2.45) is 0 Å². The van der Waals surface area contributed by atoms with Crippen LogP contribution in [0.1, 0.15) is 0 Å². The Kier molecular flexibility index (Phi) is 6.55. The van der Waals surface area contributed by atoms with Gasteiger partial charge in [0.05, 0.1) is 11.1 Å². The summed E-state index contributed by atoms with van der Waals surface area (Å²) in [6.45, 7) is 0. The first-order chi connectivity index (χ1) is 26.3. The number of hydrogen-bond donors (Lipinski definition) is 0. The Labute approximate surface area is 305 Å². The molecule has 2 heterocycles. The Hall–Kier alpha value is -7.10. The van der Waals surface area contributed by atoms with Gasteiger partial charge in [0, 0.05) is 38.5 Å². The van der Waals surface area contributed by atoms with Crippen LogP contribution < -0.4 is 4.90 Å². The molecule has 0 atom stereocenters. The molecule has 0 saturated carbocycles. The van der Waals surface area contributed by atoms with E-state index in [2.05, 4.69) is 181 Å². The molecule has 9 aromatic carbocycles. The maximum Gasteiger partial charge on any atom is 0.143 e. The van der Waals surface area contributed by atoms with Gasteiger partial charge in [-0.05, 0) is 87.4 Å². The lowest BCUT2D eigenvalue weighted by atomic mass is 10.00. The van der Waals surface area contributed by atoms with Gasteiger partial charge in [-0.1, -0.05) is 133 Å². The fourth-order valence-electron chi connectivity index (χ4n) is 8.09. The van der Waals surface area contributed by atoms with E-state index in [0.717, 1.165) is 82.8 Å². The van der Waals surface area contributed by atoms with Crippen molar-refractivity contribution < 1.29 is 8.83 Å². The molecule has 3 heteroatoms. The van der Waals surface area contributed by atoms with Gasteiger partial charge in [0.1, 0.15) is 22.3 Å². The van der Waals surface area contributed by atoms with Gasteiger partial charge in [-0.15, -0.1) is 0 Å². The van der Waals surface area contributed by atoms with Crippen LogP contribution in [0.3, 0.4) is 0 Å². The molecule has 2 aromatic heterocycles. The summed E-state index contributed by atoms with van der Waals surface area (Å²) in [5, 5.41) is 9.20. The number of nitrogens with zero attached hydrogens (tertiary/aromatic N) is 1. The maximum absolute atomic E-state index is 6.65. The molecule has 248 valence electrons. The van der Waals surface area contributed by atoms with Crippen LogP contribution in [0.25, 0.3) is 87.7 Å². The molecule has 3 nitrogen and oxygen atoms in total. The van der Waals surface area contributed by atoms with Crippen molar-refractivity contribution in [3.8, 4) is 22.3 Å². The molecule has 0 saturated heterocycles. The third-order valence-electron chi connectivity index (χ3n) is 10.7. The number of para-hydroxylation sites is 2. The summed E-state index contributed by atoms with van der Waals surface area (Å²) in [6.07, 6.45) is 0. The van der Waals surface area contributed by atoms with Gasteiger partial charge in [0.25, 0.3) is 0 Å². The Morgan fingerprint density at radius 3 is 1.77 bits per heavy atom. The maximum atomic E-state index is 6.65. The van der Waals surface area contributed by atoms with Crippen LogP contribution in [0.15, 0.2) is 197 Å². The molecule has 0 bridgehead atoms. The van der Waals surface area contributed by atoms with Gasteiger partial charge in [0.15, 0.2) is 0 Å². The minimum atomic E-state index is 0.861. The highest BCUT2D eigenvalue weighted by Crippen LogP contribution is 2.45. The first kappa shape index (κ1) is 29.6. The molecule has 0 radical (unpaired) electrons. The second-order valence-corrected chi connectivity index (χ2v) is 13.7. The van der Waals surface area contributed by atoms with Crippen molar-refractivity contribution in [2.45, 2.75) is 0 Å². The average molecular weight is 678 g/mol. The molecule has 0 aliphatic heterocycles. The minimum absolute atomic E-state index is 0.861. The standard InChI is InChI=1S/C50H31NO2/c1-2-11-36-31-37(20-19-32(36)9-1)33-21-26-38(27-22-33)51(45-16-8-18-47-48(45)44-30-25-34-10-3-4-12-40(34)50(44)53-47)39-28-23-35(24-29-39)41-14-7-15-43-42-13-5-6-17-46(42)52-49(41)43/h1-31H. The van der Waals surface area contributed by atoms with E-state index >= 15 is 0 Å². The van der Waals surface area contributed by atoms with Gasteiger partial charge in [-0.25, -0.2) is 0 Å². The normalized spacial score (nSPS) is 11.8. The van der Waals surface area contributed by atoms with E-state index in [1.54, 1.807) is 0 Å². The summed E-state index contributed by atoms with van der Waals surface area (Å²) in [4.78, 5) is 2.35. The number of fused-ring (bicyclic) bond motifs is 9. The summed E-state index contributed by atoms with van der Waals surface area (Å²) >= 11 is 0. The lowest BCUT2D eigenvalue weighted by molar-refractivity contribution is 0.670. The fraction of sp³-hybridized carbons (Fsp3) is 0. The number of benzene rings is 9. The summed E-state index contributed by atoms with van der Waals surface area (Å²) in [5.41, 5.74) is 11.3. The van der Waals surface area contributed by atoms with E-state index in [4.69, 9.17) is 8.83 Å². The van der Waals surface area contributed by atoms with Crippen molar-refractivity contribution >= 4 is 82.5 Å². The summed E-state index contributed by atoms with van der Waals surface area (Å²) < 4.78 is 13.1.